The van der Waals surface area contributed by atoms with Crippen molar-refractivity contribution in [1.82, 2.24) is 10.0 Å². The van der Waals surface area contributed by atoms with Crippen LogP contribution in [-0.4, -0.2) is 40.1 Å². The highest BCUT2D eigenvalue weighted by atomic mass is 79.9. The van der Waals surface area contributed by atoms with Gasteiger partial charge in [0.05, 0.1) is 4.90 Å². The van der Waals surface area contributed by atoms with Crippen LogP contribution in [0, 0.1) is 0 Å². The number of rotatable bonds is 7. The number of sulfonamides is 1. The lowest BCUT2D eigenvalue weighted by atomic mass is 9.74. The van der Waals surface area contributed by atoms with Gasteiger partial charge in [-0.3, -0.25) is 4.79 Å². The van der Waals surface area contributed by atoms with Gasteiger partial charge in [0.25, 0.3) is 5.91 Å². The van der Waals surface area contributed by atoms with Gasteiger partial charge in [-0.1, -0.05) is 34.1 Å². The molecule has 2 N–H and O–H groups in total. The standard InChI is InChI=1S/C22H25BrN2O4S/c23-18-5-2-4-17(14-18)22(9-11-29-12-10-22)15-24-21(26)16-3-1-6-20(13-16)30(27,28)25-19-7-8-19/h1-6,13-14,19,25H,7-12,15H2,(H,24,26). The molecule has 1 amide bonds. The molecular weight excluding hydrogens is 468 g/mol. The van der Waals surface area contributed by atoms with Crippen molar-refractivity contribution in [2.75, 3.05) is 19.8 Å². The van der Waals surface area contributed by atoms with Crippen molar-refractivity contribution in [2.24, 2.45) is 0 Å². The molecule has 0 unspecified atom stereocenters. The number of hydrogen-bond acceptors (Lipinski definition) is 4. The third-order valence-electron chi connectivity index (χ3n) is 5.78. The molecule has 0 spiro atoms. The number of carbonyl (C=O) groups excluding carboxylic acids is 1. The summed E-state index contributed by atoms with van der Waals surface area (Å²) in [7, 11) is -3.60. The maximum atomic E-state index is 12.9. The second kappa shape index (κ2) is 8.78. The van der Waals surface area contributed by atoms with Crippen molar-refractivity contribution in [3.63, 3.8) is 0 Å². The molecule has 1 heterocycles. The van der Waals surface area contributed by atoms with Gasteiger partial charge in [-0.15, -0.1) is 0 Å². The zero-order chi connectivity index (χ0) is 21.2. The van der Waals surface area contributed by atoms with E-state index in [0.717, 1.165) is 35.7 Å². The Labute approximate surface area is 185 Å². The molecule has 2 fully saturated rings. The Morgan fingerprint density at radius 3 is 2.53 bits per heavy atom. The molecule has 0 atom stereocenters. The summed E-state index contributed by atoms with van der Waals surface area (Å²) in [5, 5.41) is 3.03. The van der Waals surface area contributed by atoms with E-state index in [1.165, 1.54) is 12.1 Å². The van der Waals surface area contributed by atoms with E-state index in [1.54, 1.807) is 12.1 Å². The van der Waals surface area contributed by atoms with Crippen molar-refractivity contribution < 1.29 is 17.9 Å². The topological polar surface area (TPSA) is 84.5 Å². The van der Waals surface area contributed by atoms with Crippen molar-refractivity contribution in [3.05, 3.63) is 64.1 Å². The maximum Gasteiger partial charge on any atom is 0.251 e. The summed E-state index contributed by atoms with van der Waals surface area (Å²) in [6.45, 7) is 1.74. The van der Waals surface area contributed by atoms with Crippen molar-refractivity contribution >= 4 is 31.9 Å². The molecule has 1 saturated heterocycles. The van der Waals surface area contributed by atoms with Gasteiger partial charge in [0.15, 0.2) is 0 Å². The molecule has 1 saturated carbocycles. The largest absolute Gasteiger partial charge is 0.381 e. The summed E-state index contributed by atoms with van der Waals surface area (Å²) in [6.07, 6.45) is 3.34. The van der Waals surface area contributed by atoms with Crippen LogP contribution < -0.4 is 10.0 Å². The molecule has 1 aliphatic heterocycles. The molecule has 4 rings (SSSR count). The summed E-state index contributed by atoms with van der Waals surface area (Å²) >= 11 is 3.54. The van der Waals surface area contributed by atoms with Crippen LogP contribution in [0.1, 0.15) is 41.6 Å². The van der Waals surface area contributed by atoms with Gasteiger partial charge >= 0.3 is 0 Å². The minimum absolute atomic E-state index is 0.0195. The van der Waals surface area contributed by atoms with E-state index in [2.05, 4.69) is 38.1 Å². The Hall–Kier alpha value is -1.74. The van der Waals surface area contributed by atoms with Crippen LogP contribution in [0.4, 0.5) is 0 Å². The number of nitrogens with one attached hydrogen (secondary N) is 2. The smallest absolute Gasteiger partial charge is 0.251 e. The van der Waals surface area contributed by atoms with Crippen molar-refractivity contribution in [1.29, 1.82) is 0 Å². The lowest BCUT2D eigenvalue weighted by Gasteiger charge is -2.38. The van der Waals surface area contributed by atoms with Gasteiger partial charge in [0, 0.05) is 41.3 Å². The lowest BCUT2D eigenvalue weighted by Crippen LogP contribution is -2.44. The van der Waals surface area contributed by atoms with E-state index in [9.17, 15) is 13.2 Å². The first-order valence-electron chi connectivity index (χ1n) is 10.1. The van der Waals surface area contributed by atoms with Gasteiger partial charge in [-0.05, 0) is 61.6 Å². The fourth-order valence-corrected chi connectivity index (χ4v) is 5.54. The number of carbonyl (C=O) groups is 1. The predicted octanol–water partition coefficient (Wildman–Crippen LogP) is 3.37. The third-order valence-corrected chi connectivity index (χ3v) is 7.79. The molecule has 30 heavy (non-hydrogen) atoms. The zero-order valence-electron chi connectivity index (χ0n) is 16.6. The molecule has 160 valence electrons. The summed E-state index contributed by atoms with van der Waals surface area (Å²) < 4.78 is 34.1. The average Bonchev–Trinajstić information content (AvgIpc) is 3.56. The van der Waals surface area contributed by atoms with Crippen molar-refractivity contribution in [3.8, 4) is 0 Å². The Balaban J connectivity index is 1.51. The van der Waals surface area contributed by atoms with Gasteiger partial charge in [0.1, 0.15) is 0 Å². The Morgan fingerprint density at radius 2 is 1.83 bits per heavy atom. The molecule has 6 nitrogen and oxygen atoms in total. The summed E-state index contributed by atoms with van der Waals surface area (Å²) in [5.41, 5.74) is 1.28. The quantitative estimate of drug-likeness (QED) is 0.620. The molecular formula is C22H25BrN2O4S. The lowest BCUT2D eigenvalue weighted by molar-refractivity contribution is 0.0487. The van der Waals surface area contributed by atoms with Crippen LogP contribution in [-0.2, 0) is 20.2 Å². The molecule has 0 radical (unpaired) electrons. The van der Waals surface area contributed by atoms with E-state index in [-0.39, 0.29) is 22.3 Å². The van der Waals surface area contributed by atoms with Crippen LogP contribution in [0.25, 0.3) is 0 Å². The molecule has 2 aromatic rings. The predicted molar refractivity (Wildman–Crippen MR) is 118 cm³/mol. The SMILES string of the molecule is O=C(NCC1(c2cccc(Br)c2)CCOCC1)c1cccc(S(=O)(=O)NC2CC2)c1. The molecule has 8 heteroatoms. The normalized spacial score (nSPS) is 18.7. The first kappa shape index (κ1) is 21.5. The molecule has 2 aliphatic rings. The van der Waals surface area contributed by atoms with Gasteiger partial charge in [-0.2, -0.15) is 0 Å². The van der Waals surface area contributed by atoms with Crippen molar-refractivity contribution in [2.45, 2.75) is 42.0 Å². The maximum absolute atomic E-state index is 12.9. The zero-order valence-corrected chi connectivity index (χ0v) is 19.0. The average molecular weight is 493 g/mol. The Morgan fingerprint density at radius 1 is 1.10 bits per heavy atom. The highest BCUT2D eigenvalue weighted by Crippen LogP contribution is 2.35. The fourth-order valence-electron chi connectivity index (χ4n) is 3.79. The van der Waals surface area contributed by atoms with Gasteiger partial charge < -0.3 is 10.1 Å². The van der Waals surface area contributed by atoms with E-state index in [0.29, 0.717) is 25.3 Å². The summed E-state index contributed by atoms with van der Waals surface area (Å²) in [6, 6.07) is 14.4. The highest BCUT2D eigenvalue weighted by Gasteiger charge is 2.35. The Bertz CT molecular complexity index is 1030. The second-order valence-corrected chi connectivity index (χ2v) is 10.6. The van der Waals surface area contributed by atoms with Crippen LogP contribution in [0.3, 0.4) is 0 Å². The van der Waals surface area contributed by atoms with Crippen LogP contribution in [0.15, 0.2) is 57.9 Å². The van der Waals surface area contributed by atoms with E-state index in [1.807, 2.05) is 12.1 Å². The van der Waals surface area contributed by atoms with Crippen LogP contribution in [0.5, 0.6) is 0 Å². The third kappa shape index (κ3) is 4.94. The fraction of sp³-hybridized carbons (Fsp3) is 0.409. The van der Waals surface area contributed by atoms with E-state index >= 15 is 0 Å². The van der Waals surface area contributed by atoms with Crippen LogP contribution in [0.2, 0.25) is 0 Å². The molecule has 0 bridgehead atoms. The monoisotopic (exact) mass is 492 g/mol. The minimum Gasteiger partial charge on any atom is -0.381 e. The number of ether oxygens (including phenoxy) is 1. The minimum atomic E-state index is -3.60. The second-order valence-electron chi connectivity index (χ2n) is 8.01. The van der Waals surface area contributed by atoms with E-state index in [4.69, 9.17) is 4.74 Å². The van der Waals surface area contributed by atoms with E-state index < -0.39 is 10.0 Å². The van der Waals surface area contributed by atoms with Gasteiger partial charge in [0.2, 0.25) is 10.0 Å². The number of halogens is 1. The van der Waals surface area contributed by atoms with Gasteiger partial charge in [-0.25, -0.2) is 13.1 Å². The molecule has 0 aromatic heterocycles. The molecule has 2 aromatic carbocycles. The number of benzene rings is 2. The number of amides is 1. The summed E-state index contributed by atoms with van der Waals surface area (Å²) in [5.74, 6) is -0.278. The first-order valence-corrected chi connectivity index (χ1v) is 12.4. The Kier molecular flexibility index (Phi) is 6.29. The summed E-state index contributed by atoms with van der Waals surface area (Å²) in [4.78, 5) is 13.0. The van der Waals surface area contributed by atoms with Crippen LogP contribution >= 0.6 is 15.9 Å². The highest BCUT2D eigenvalue weighted by molar-refractivity contribution is 9.10. The number of hydrogen-bond donors (Lipinski definition) is 2. The first-order chi connectivity index (χ1) is 14.4. The molecule has 1 aliphatic carbocycles.